The second-order valence-corrected chi connectivity index (χ2v) is 7.25. The Morgan fingerprint density at radius 1 is 1.35 bits per heavy atom. The van der Waals surface area contributed by atoms with Crippen LogP contribution in [0.1, 0.15) is 43.7 Å². The third-order valence-corrected chi connectivity index (χ3v) is 6.07. The zero-order valence-electron chi connectivity index (χ0n) is 12.4. The van der Waals surface area contributed by atoms with Crippen molar-refractivity contribution in [1.29, 1.82) is 0 Å². The molecule has 2 fully saturated rings. The summed E-state index contributed by atoms with van der Waals surface area (Å²) in [4.78, 5) is 0. The van der Waals surface area contributed by atoms with Crippen LogP contribution in [-0.2, 0) is 0 Å². The van der Waals surface area contributed by atoms with E-state index in [2.05, 4.69) is 40.4 Å². The molecule has 0 aliphatic heterocycles. The molecule has 0 amide bonds. The van der Waals surface area contributed by atoms with Crippen molar-refractivity contribution in [2.45, 2.75) is 38.1 Å². The predicted octanol–water partition coefficient (Wildman–Crippen LogP) is 4.54. The summed E-state index contributed by atoms with van der Waals surface area (Å²) in [6.45, 7) is 0. The molecule has 2 aliphatic rings. The van der Waals surface area contributed by atoms with Gasteiger partial charge in [0, 0.05) is 10.5 Å². The largest absolute Gasteiger partial charge is 0.497 e. The first-order valence-corrected chi connectivity index (χ1v) is 8.51. The molecule has 3 heteroatoms. The van der Waals surface area contributed by atoms with Gasteiger partial charge in [0.2, 0.25) is 0 Å². The average Bonchev–Trinajstić information content (AvgIpc) is 3.08. The monoisotopic (exact) mass is 337 g/mol. The number of methoxy groups -OCH3 is 1. The second kappa shape index (κ2) is 6.07. The molecule has 0 heterocycles. The lowest BCUT2D eigenvalue weighted by molar-refractivity contribution is 0.283. The van der Waals surface area contributed by atoms with Crippen molar-refractivity contribution < 1.29 is 4.74 Å². The Morgan fingerprint density at radius 2 is 2.20 bits per heavy atom. The van der Waals surface area contributed by atoms with Crippen LogP contribution in [0.25, 0.3) is 0 Å². The zero-order valence-corrected chi connectivity index (χ0v) is 13.9. The van der Waals surface area contributed by atoms with Crippen LogP contribution in [0.2, 0.25) is 0 Å². The van der Waals surface area contributed by atoms with Crippen molar-refractivity contribution in [2.24, 2.45) is 17.8 Å². The molecule has 3 rings (SSSR count). The molecule has 4 unspecified atom stereocenters. The minimum atomic E-state index is 0.420. The highest BCUT2D eigenvalue weighted by molar-refractivity contribution is 9.10. The highest BCUT2D eigenvalue weighted by atomic mass is 79.9. The SMILES string of the molecule is CNC(CC1CC2CCC1C2)c1cc(OC)ccc1Br. The van der Waals surface area contributed by atoms with Crippen molar-refractivity contribution in [1.82, 2.24) is 5.32 Å². The van der Waals surface area contributed by atoms with Gasteiger partial charge in [-0.3, -0.25) is 0 Å². The minimum absolute atomic E-state index is 0.420. The Kier molecular flexibility index (Phi) is 4.37. The summed E-state index contributed by atoms with van der Waals surface area (Å²) < 4.78 is 6.56. The van der Waals surface area contributed by atoms with Crippen LogP contribution in [0.3, 0.4) is 0 Å². The van der Waals surface area contributed by atoms with E-state index in [1.54, 1.807) is 7.11 Å². The molecule has 0 spiro atoms. The van der Waals surface area contributed by atoms with Gasteiger partial charge in [0.25, 0.3) is 0 Å². The number of rotatable bonds is 5. The summed E-state index contributed by atoms with van der Waals surface area (Å²) in [5.74, 6) is 3.86. The molecule has 2 bridgehead atoms. The van der Waals surface area contributed by atoms with Gasteiger partial charge in [-0.05, 0) is 74.2 Å². The maximum absolute atomic E-state index is 5.38. The van der Waals surface area contributed by atoms with Gasteiger partial charge in [-0.25, -0.2) is 0 Å². The summed E-state index contributed by atoms with van der Waals surface area (Å²) in [6.07, 6.45) is 7.13. The van der Waals surface area contributed by atoms with Crippen molar-refractivity contribution >= 4 is 15.9 Å². The van der Waals surface area contributed by atoms with E-state index in [0.717, 1.165) is 23.5 Å². The highest BCUT2D eigenvalue weighted by Gasteiger charge is 2.40. The molecular formula is C17H24BrNO. The van der Waals surface area contributed by atoms with Gasteiger partial charge < -0.3 is 10.1 Å². The number of fused-ring (bicyclic) bond motifs is 2. The van der Waals surface area contributed by atoms with E-state index < -0.39 is 0 Å². The van der Waals surface area contributed by atoms with Crippen LogP contribution in [0, 0.1) is 17.8 Å². The molecular weight excluding hydrogens is 314 g/mol. The lowest BCUT2D eigenvalue weighted by Crippen LogP contribution is -2.23. The second-order valence-electron chi connectivity index (χ2n) is 6.40. The fourth-order valence-electron chi connectivity index (χ4n) is 4.28. The van der Waals surface area contributed by atoms with E-state index in [4.69, 9.17) is 4.74 Å². The molecule has 1 aromatic rings. The summed E-state index contributed by atoms with van der Waals surface area (Å²) in [5.41, 5.74) is 1.33. The van der Waals surface area contributed by atoms with Gasteiger partial charge in [0.15, 0.2) is 0 Å². The fraction of sp³-hybridized carbons (Fsp3) is 0.647. The normalized spacial score (nSPS) is 29.6. The Labute approximate surface area is 130 Å². The van der Waals surface area contributed by atoms with Gasteiger partial charge in [-0.15, -0.1) is 0 Å². The molecule has 2 nitrogen and oxygen atoms in total. The third kappa shape index (κ3) is 2.75. The summed E-state index contributed by atoms with van der Waals surface area (Å²) >= 11 is 3.70. The summed E-state index contributed by atoms with van der Waals surface area (Å²) in [5, 5.41) is 3.51. The molecule has 1 N–H and O–H groups in total. The molecule has 1 aromatic carbocycles. The topological polar surface area (TPSA) is 21.3 Å². The minimum Gasteiger partial charge on any atom is -0.497 e. The third-order valence-electron chi connectivity index (χ3n) is 5.35. The van der Waals surface area contributed by atoms with Gasteiger partial charge in [-0.1, -0.05) is 22.4 Å². The van der Waals surface area contributed by atoms with E-state index in [1.807, 2.05) is 6.07 Å². The fourth-order valence-corrected chi connectivity index (χ4v) is 4.81. The maximum Gasteiger partial charge on any atom is 0.119 e. The first-order chi connectivity index (χ1) is 9.71. The Hall–Kier alpha value is -0.540. The number of ether oxygens (including phenoxy) is 1. The van der Waals surface area contributed by atoms with E-state index in [9.17, 15) is 0 Å². The Balaban J connectivity index is 1.76. The maximum atomic E-state index is 5.38. The number of benzene rings is 1. The zero-order chi connectivity index (χ0) is 14.1. The van der Waals surface area contributed by atoms with E-state index in [1.165, 1.54) is 42.1 Å². The van der Waals surface area contributed by atoms with Crippen molar-refractivity contribution in [3.05, 3.63) is 28.2 Å². The van der Waals surface area contributed by atoms with Gasteiger partial charge >= 0.3 is 0 Å². The van der Waals surface area contributed by atoms with Crippen LogP contribution in [0.4, 0.5) is 0 Å². The van der Waals surface area contributed by atoms with Crippen LogP contribution in [0.15, 0.2) is 22.7 Å². The van der Waals surface area contributed by atoms with Crippen molar-refractivity contribution in [2.75, 3.05) is 14.2 Å². The van der Waals surface area contributed by atoms with Gasteiger partial charge in [-0.2, -0.15) is 0 Å². The number of halogens is 1. The number of hydrogen-bond donors (Lipinski definition) is 1. The van der Waals surface area contributed by atoms with Crippen LogP contribution in [-0.4, -0.2) is 14.2 Å². The Morgan fingerprint density at radius 3 is 2.80 bits per heavy atom. The van der Waals surface area contributed by atoms with E-state index >= 15 is 0 Å². The molecule has 0 aromatic heterocycles. The Bertz CT molecular complexity index is 476. The molecule has 0 saturated heterocycles. The molecule has 0 radical (unpaired) electrons. The summed E-state index contributed by atoms with van der Waals surface area (Å²) in [6, 6.07) is 6.69. The molecule has 110 valence electrons. The molecule has 4 atom stereocenters. The van der Waals surface area contributed by atoms with Gasteiger partial charge in [0.05, 0.1) is 7.11 Å². The lowest BCUT2D eigenvalue weighted by atomic mass is 9.83. The van der Waals surface area contributed by atoms with Crippen molar-refractivity contribution in [3.63, 3.8) is 0 Å². The predicted molar refractivity (Wildman–Crippen MR) is 86.0 cm³/mol. The smallest absolute Gasteiger partial charge is 0.119 e. The number of hydrogen-bond acceptors (Lipinski definition) is 2. The average molecular weight is 338 g/mol. The standard InChI is InChI=1S/C17H24BrNO/c1-19-17(9-13-8-11-3-4-12(13)7-11)15-10-14(20-2)5-6-16(15)18/h5-6,10-13,17,19H,3-4,7-9H2,1-2H3. The van der Waals surface area contributed by atoms with E-state index in [-0.39, 0.29) is 0 Å². The molecule has 20 heavy (non-hydrogen) atoms. The van der Waals surface area contributed by atoms with Crippen LogP contribution < -0.4 is 10.1 Å². The highest BCUT2D eigenvalue weighted by Crippen LogP contribution is 2.51. The first kappa shape index (κ1) is 14.4. The summed E-state index contributed by atoms with van der Waals surface area (Å²) in [7, 11) is 3.81. The first-order valence-electron chi connectivity index (χ1n) is 7.72. The molecule has 2 aliphatic carbocycles. The molecule has 2 saturated carbocycles. The number of nitrogens with one attached hydrogen (secondary N) is 1. The quantitative estimate of drug-likeness (QED) is 0.851. The van der Waals surface area contributed by atoms with E-state index in [0.29, 0.717) is 6.04 Å². The van der Waals surface area contributed by atoms with Crippen LogP contribution in [0.5, 0.6) is 5.75 Å². The van der Waals surface area contributed by atoms with Crippen molar-refractivity contribution in [3.8, 4) is 5.75 Å². The lowest BCUT2D eigenvalue weighted by Gasteiger charge is -2.27. The van der Waals surface area contributed by atoms with Gasteiger partial charge in [0.1, 0.15) is 5.75 Å². The van der Waals surface area contributed by atoms with Crippen LogP contribution >= 0.6 is 15.9 Å².